The summed E-state index contributed by atoms with van der Waals surface area (Å²) >= 11 is 0. The minimum Gasteiger partial charge on any atom is -0.462 e. The monoisotopic (exact) mass is 915 g/mol. The summed E-state index contributed by atoms with van der Waals surface area (Å²) in [7, 11) is -5.12. The first-order valence-corrected chi connectivity index (χ1v) is 25.9. The van der Waals surface area contributed by atoms with E-state index in [1.54, 1.807) is 0 Å². The van der Waals surface area contributed by atoms with Gasteiger partial charge in [-0.2, -0.15) is 0 Å². The maximum atomic E-state index is 12.8. The number of aliphatic hydroxyl groups excluding tert-OH is 5. The number of hydrogen-bond acceptors (Lipinski definition) is 12. The largest absolute Gasteiger partial charge is 0.472 e. The fourth-order valence-corrected chi connectivity index (χ4v) is 8.14. The van der Waals surface area contributed by atoms with Gasteiger partial charge in [-0.15, -0.1) is 0 Å². The molecule has 0 aromatic carbocycles. The molecular weight excluding hydrogens is 827 g/mol. The van der Waals surface area contributed by atoms with Crippen molar-refractivity contribution in [2.24, 2.45) is 0 Å². The second-order valence-corrected chi connectivity index (χ2v) is 18.4. The highest BCUT2D eigenvalue weighted by molar-refractivity contribution is 7.47. The van der Waals surface area contributed by atoms with Crippen LogP contribution in [0, 0.1) is 0 Å². The van der Waals surface area contributed by atoms with Crippen molar-refractivity contribution in [1.29, 1.82) is 0 Å². The van der Waals surface area contributed by atoms with Crippen LogP contribution >= 0.6 is 7.82 Å². The Hall–Kier alpha value is -2.19. The summed E-state index contributed by atoms with van der Waals surface area (Å²) in [6.45, 7) is 3.24. The molecule has 1 aliphatic rings. The van der Waals surface area contributed by atoms with Crippen molar-refractivity contribution in [3.05, 3.63) is 48.6 Å². The maximum absolute atomic E-state index is 12.8. The molecule has 366 valence electrons. The number of hydrogen-bond donors (Lipinski definition) is 6. The Balaban J connectivity index is 2.44. The van der Waals surface area contributed by atoms with E-state index in [1.807, 2.05) is 0 Å². The second kappa shape index (κ2) is 39.0. The van der Waals surface area contributed by atoms with Gasteiger partial charge in [0.05, 0.1) is 6.61 Å². The number of allylic oxidation sites excluding steroid dienone is 8. The van der Waals surface area contributed by atoms with Crippen molar-refractivity contribution in [2.75, 3.05) is 13.2 Å². The summed E-state index contributed by atoms with van der Waals surface area (Å²) in [6.07, 6.45) is 32.9. The molecule has 0 amide bonds. The van der Waals surface area contributed by atoms with Crippen LogP contribution in [0.4, 0.5) is 0 Å². The molecule has 14 heteroatoms. The number of rotatable bonds is 40. The molecule has 1 saturated carbocycles. The molecule has 1 rings (SSSR count). The van der Waals surface area contributed by atoms with E-state index in [4.69, 9.17) is 18.5 Å². The van der Waals surface area contributed by atoms with Crippen molar-refractivity contribution < 1.29 is 63.1 Å². The predicted molar refractivity (Wildman–Crippen MR) is 249 cm³/mol. The molecule has 6 unspecified atom stereocenters. The molecule has 0 radical (unpaired) electrons. The van der Waals surface area contributed by atoms with Crippen LogP contribution in [0.2, 0.25) is 0 Å². The van der Waals surface area contributed by atoms with Gasteiger partial charge in [-0.3, -0.25) is 18.6 Å². The van der Waals surface area contributed by atoms with Crippen LogP contribution in [0.3, 0.4) is 0 Å². The van der Waals surface area contributed by atoms with Crippen LogP contribution in [-0.2, 0) is 32.7 Å². The number of unbranched alkanes of at least 4 members (excludes halogenated alkanes) is 20. The fraction of sp³-hybridized carbons (Fsp3) is 0.796. The van der Waals surface area contributed by atoms with E-state index in [9.17, 15) is 44.6 Å². The zero-order chi connectivity index (χ0) is 46.4. The maximum Gasteiger partial charge on any atom is 0.472 e. The normalized spacial score (nSPS) is 22.1. The van der Waals surface area contributed by atoms with Crippen molar-refractivity contribution in [1.82, 2.24) is 0 Å². The summed E-state index contributed by atoms with van der Waals surface area (Å²) in [4.78, 5) is 35.8. The zero-order valence-electron chi connectivity index (χ0n) is 38.9. The molecule has 13 nitrogen and oxygen atoms in total. The number of carbonyl (C=O) groups is 2. The number of phosphoric ester groups is 1. The van der Waals surface area contributed by atoms with Crippen molar-refractivity contribution in [3.8, 4) is 0 Å². The molecule has 8 atom stereocenters. The van der Waals surface area contributed by atoms with Crippen LogP contribution in [0.1, 0.15) is 194 Å². The summed E-state index contributed by atoms with van der Waals surface area (Å²) < 4.78 is 33.6. The first-order valence-electron chi connectivity index (χ1n) is 24.4. The average molecular weight is 915 g/mol. The Labute approximate surface area is 380 Å². The average Bonchev–Trinajstić information content (AvgIpc) is 3.26. The first kappa shape index (κ1) is 58.8. The van der Waals surface area contributed by atoms with Gasteiger partial charge in [0, 0.05) is 12.8 Å². The van der Waals surface area contributed by atoms with E-state index in [2.05, 4.69) is 62.5 Å². The third kappa shape index (κ3) is 31.4. The Morgan fingerprint density at radius 1 is 0.492 bits per heavy atom. The number of ether oxygens (including phenoxy) is 2. The molecule has 0 spiro atoms. The van der Waals surface area contributed by atoms with Crippen LogP contribution < -0.4 is 0 Å². The second-order valence-electron chi connectivity index (χ2n) is 17.0. The lowest BCUT2D eigenvalue weighted by Crippen LogP contribution is -2.64. The van der Waals surface area contributed by atoms with Crippen LogP contribution in [-0.4, -0.2) is 98.3 Å². The van der Waals surface area contributed by atoms with Crippen LogP contribution in [0.5, 0.6) is 0 Å². The van der Waals surface area contributed by atoms with Gasteiger partial charge in [-0.05, 0) is 77.0 Å². The molecule has 0 bridgehead atoms. The Bertz CT molecular complexity index is 1290. The van der Waals surface area contributed by atoms with Gasteiger partial charge in [-0.25, -0.2) is 4.57 Å². The van der Waals surface area contributed by atoms with Gasteiger partial charge in [-0.1, -0.05) is 152 Å². The lowest BCUT2D eigenvalue weighted by molar-refractivity contribution is -0.220. The SMILES string of the molecule is CCCCC/C=C\C/C=C\CCCCCCCCCC(=O)OC[C@H](COP(=O)(O)OC1C(O)C(O)C(O)[C@@H](O)C1O)OC(=O)CCCCCCCCC/C=C\C/C=C\CCCCC. The van der Waals surface area contributed by atoms with Gasteiger partial charge in [0.2, 0.25) is 0 Å². The molecule has 0 heterocycles. The van der Waals surface area contributed by atoms with E-state index in [-0.39, 0.29) is 12.8 Å². The molecule has 6 N–H and O–H groups in total. The van der Waals surface area contributed by atoms with Gasteiger partial charge in [0.15, 0.2) is 6.10 Å². The van der Waals surface area contributed by atoms with Crippen molar-refractivity contribution in [3.63, 3.8) is 0 Å². The number of carbonyl (C=O) groups excluding carboxylic acids is 2. The highest BCUT2D eigenvalue weighted by Gasteiger charge is 2.51. The lowest BCUT2D eigenvalue weighted by Gasteiger charge is -2.41. The van der Waals surface area contributed by atoms with E-state index >= 15 is 0 Å². The molecule has 0 saturated heterocycles. The number of esters is 2. The van der Waals surface area contributed by atoms with Gasteiger partial charge in [0.25, 0.3) is 0 Å². The van der Waals surface area contributed by atoms with Gasteiger partial charge < -0.3 is 39.9 Å². The number of aliphatic hydroxyl groups is 5. The first-order chi connectivity index (χ1) is 30.4. The topological polar surface area (TPSA) is 210 Å². The van der Waals surface area contributed by atoms with Crippen LogP contribution in [0.25, 0.3) is 0 Å². The molecule has 0 aliphatic heterocycles. The molecule has 0 aromatic heterocycles. The zero-order valence-corrected chi connectivity index (χ0v) is 39.8. The fourth-order valence-electron chi connectivity index (χ4n) is 7.17. The highest BCUT2D eigenvalue weighted by Crippen LogP contribution is 2.47. The van der Waals surface area contributed by atoms with E-state index in [0.29, 0.717) is 12.8 Å². The molecule has 1 aliphatic carbocycles. The minimum absolute atomic E-state index is 0.0850. The van der Waals surface area contributed by atoms with Crippen molar-refractivity contribution in [2.45, 2.75) is 236 Å². The number of phosphoric acid groups is 1. The molecule has 0 aromatic rings. The minimum atomic E-state index is -5.12. The Morgan fingerprint density at radius 3 is 1.29 bits per heavy atom. The van der Waals surface area contributed by atoms with Gasteiger partial charge in [0.1, 0.15) is 43.2 Å². The van der Waals surface area contributed by atoms with E-state index in [0.717, 1.165) is 109 Å². The molecule has 1 fully saturated rings. The predicted octanol–water partition coefficient (Wildman–Crippen LogP) is 9.95. The summed E-state index contributed by atoms with van der Waals surface area (Å²) in [5.74, 6) is -1.12. The Morgan fingerprint density at radius 2 is 0.857 bits per heavy atom. The highest BCUT2D eigenvalue weighted by atomic mass is 31.2. The molecular formula is C49H87O13P. The van der Waals surface area contributed by atoms with E-state index < -0.39 is 75.7 Å². The standard InChI is InChI=1S/C49H87O13P/c1-3-5-7-9-11-13-15-17-19-21-23-25-27-29-31-33-35-37-42(50)59-39-41(40-60-63(57,58)62-49-47(55)45(53)44(52)46(54)48(49)56)61-43(51)38-36-34-32-30-28-26-24-22-20-18-16-14-12-10-8-6-4-2/h11-14,17-20,41,44-49,52-56H,3-10,15-16,21-40H2,1-2H3,(H,57,58)/b13-11-,14-12-,19-17-,20-18-/t41-,44?,45-,46?,47?,48?,49?/m1/s1. The lowest BCUT2D eigenvalue weighted by atomic mass is 9.85. The molecule has 63 heavy (non-hydrogen) atoms. The third-order valence-electron chi connectivity index (χ3n) is 11.1. The third-order valence-corrected chi connectivity index (χ3v) is 12.1. The smallest absolute Gasteiger partial charge is 0.462 e. The summed E-state index contributed by atoms with van der Waals surface area (Å²) in [5, 5.41) is 50.2. The summed E-state index contributed by atoms with van der Waals surface area (Å²) in [6, 6.07) is 0. The van der Waals surface area contributed by atoms with Crippen molar-refractivity contribution >= 4 is 19.8 Å². The van der Waals surface area contributed by atoms with Crippen LogP contribution in [0.15, 0.2) is 48.6 Å². The quantitative estimate of drug-likeness (QED) is 0.0147. The summed E-state index contributed by atoms with van der Waals surface area (Å²) in [5.41, 5.74) is 0. The van der Waals surface area contributed by atoms with Gasteiger partial charge >= 0.3 is 19.8 Å². The van der Waals surface area contributed by atoms with E-state index in [1.165, 1.54) is 44.9 Å². The Kier molecular flexibility index (Phi) is 36.4.